The number of para-hydroxylation sites is 1. The molecule has 2 aliphatic rings. The molecule has 1 unspecified atom stereocenters. The van der Waals surface area contributed by atoms with Crippen molar-refractivity contribution in [1.82, 2.24) is 14.8 Å². The van der Waals surface area contributed by atoms with Crippen LogP contribution in [0.3, 0.4) is 0 Å². The fourth-order valence-corrected chi connectivity index (χ4v) is 5.86. The third-order valence-electron chi connectivity index (χ3n) is 7.82. The van der Waals surface area contributed by atoms with Crippen molar-refractivity contribution in [3.8, 4) is 0 Å². The summed E-state index contributed by atoms with van der Waals surface area (Å²) < 4.78 is 13.1. The van der Waals surface area contributed by atoms with Gasteiger partial charge in [-0.25, -0.2) is 4.39 Å². The molecular formula is C29H32FN3O3. The van der Waals surface area contributed by atoms with Crippen molar-refractivity contribution in [3.63, 3.8) is 0 Å². The van der Waals surface area contributed by atoms with Crippen molar-refractivity contribution in [2.24, 2.45) is 5.92 Å². The second kappa shape index (κ2) is 10.7. The average molecular weight is 490 g/mol. The lowest BCUT2D eigenvalue weighted by Gasteiger charge is -2.41. The van der Waals surface area contributed by atoms with E-state index in [-0.39, 0.29) is 17.6 Å². The molecular weight excluding hydrogens is 457 g/mol. The number of aromatic nitrogens is 1. The highest BCUT2D eigenvalue weighted by Crippen LogP contribution is 2.35. The highest BCUT2D eigenvalue weighted by atomic mass is 19.1. The zero-order chi connectivity index (χ0) is 25.1. The normalized spacial score (nSPS) is 19.2. The van der Waals surface area contributed by atoms with Gasteiger partial charge in [-0.15, -0.1) is 0 Å². The van der Waals surface area contributed by atoms with Crippen LogP contribution in [0.2, 0.25) is 0 Å². The van der Waals surface area contributed by atoms with Crippen molar-refractivity contribution < 1.29 is 19.1 Å². The van der Waals surface area contributed by atoms with Crippen LogP contribution in [0.25, 0.3) is 17.0 Å². The molecule has 2 aromatic carbocycles. The molecule has 1 aromatic heterocycles. The second-order valence-electron chi connectivity index (χ2n) is 9.93. The Hall–Kier alpha value is -3.45. The second-order valence-corrected chi connectivity index (χ2v) is 9.93. The lowest BCUT2D eigenvalue weighted by molar-refractivity contribution is -0.147. The molecule has 0 aliphatic carbocycles. The van der Waals surface area contributed by atoms with E-state index < -0.39 is 12.0 Å². The van der Waals surface area contributed by atoms with E-state index in [1.54, 1.807) is 23.1 Å². The molecule has 0 bridgehead atoms. The average Bonchev–Trinajstić information content (AvgIpc) is 3.33. The first-order valence-electron chi connectivity index (χ1n) is 12.7. The van der Waals surface area contributed by atoms with Crippen molar-refractivity contribution >= 4 is 28.9 Å². The molecule has 1 atom stereocenters. The smallest absolute Gasteiger partial charge is 0.321 e. The van der Waals surface area contributed by atoms with Crippen LogP contribution in [0, 0.1) is 11.7 Å². The first kappa shape index (κ1) is 24.3. The number of piperidine rings is 2. The predicted molar refractivity (Wildman–Crippen MR) is 138 cm³/mol. The van der Waals surface area contributed by atoms with Crippen LogP contribution >= 0.6 is 0 Å². The van der Waals surface area contributed by atoms with Crippen molar-refractivity contribution in [1.29, 1.82) is 0 Å². The Balaban J connectivity index is 1.16. The van der Waals surface area contributed by atoms with Crippen LogP contribution in [0.5, 0.6) is 0 Å². The molecule has 0 spiro atoms. The van der Waals surface area contributed by atoms with Crippen LogP contribution in [0.4, 0.5) is 4.39 Å². The lowest BCUT2D eigenvalue weighted by Crippen LogP contribution is -2.52. The number of carboxylic acids is 1. The van der Waals surface area contributed by atoms with Gasteiger partial charge in [0.05, 0.1) is 0 Å². The van der Waals surface area contributed by atoms with Gasteiger partial charge in [0, 0.05) is 36.3 Å². The van der Waals surface area contributed by atoms with Gasteiger partial charge in [0.1, 0.15) is 11.9 Å². The van der Waals surface area contributed by atoms with Gasteiger partial charge < -0.3 is 15.0 Å². The van der Waals surface area contributed by atoms with E-state index in [1.165, 1.54) is 29.2 Å². The fraction of sp³-hybridized carbons (Fsp3) is 0.379. The summed E-state index contributed by atoms with van der Waals surface area (Å²) in [5, 5.41) is 11.4. The summed E-state index contributed by atoms with van der Waals surface area (Å²) >= 11 is 0. The van der Waals surface area contributed by atoms with Crippen LogP contribution in [0.15, 0.2) is 60.8 Å². The predicted octanol–water partition coefficient (Wildman–Crippen LogP) is 4.89. The Bertz CT molecular complexity index is 1240. The first-order chi connectivity index (χ1) is 17.5. The summed E-state index contributed by atoms with van der Waals surface area (Å²) in [4.78, 5) is 32.2. The topological polar surface area (TPSA) is 76.6 Å². The molecule has 0 saturated carbocycles. The summed E-state index contributed by atoms with van der Waals surface area (Å²) in [5.41, 5.74) is 3.24. The molecule has 2 aliphatic heterocycles. The number of H-pyrrole nitrogens is 1. The number of hydrogen-bond donors (Lipinski definition) is 2. The number of aromatic amines is 1. The Morgan fingerprint density at radius 1 is 0.972 bits per heavy atom. The number of carbonyl (C=O) groups is 2. The number of fused-ring (bicyclic) bond motifs is 1. The van der Waals surface area contributed by atoms with E-state index in [2.05, 4.69) is 34.3 Å². The highest BCUT2D eigenvalue weighted by Gasteiger charge is 2.38. The Morgan fingerprint density at radius 3 is 2.36 bits per heavy atom. The number of hydrogen-bond acceptors (Lipinski definition) is 3. The number of aliphatic carboxylic acids is 1. The number of nitrogens with zero attached hydrogens (tertiary/aromatic N) is 2. The van der Waals surface area contributed by atoms with Crippen molar-refractivity contribution in [3.05, 3.63) is 77.7 Å². The quantitative estimate of drug-likeness (QED) is 0.484. The molecule has 3 heterocycles. The van der Waals surface area contributed by atoms with Gasteiger partial charge in [0.25, 0.3) is 0 Å². The van der Waals surface area contributed by atoms with Gasteiger partial charge in [-0.05, 0) is 86.0 Å². The van der Waals surface area contributed by atoms with E-state index in [0.717, 1.165) is 37.0 Å². The molecule has 0 radical (unpaired) electrons. The van der Waals surface area contributed by atoms with Crippen molar-refractivity contribution in [2.45, 2.75) is 37.6 Å². The minimum absolute atomic E-state index is 0.0252. The largest absolute Gasteiger partial charge is 0.480 e. The first-order valence-corrected chi connectivity index (χ1v) is 12.7. The summed E-state index contributed by atoms with van der Waals surface area (Å²) in [6.07, 6.45) is 8.54. The summed E-state index contributed by atoms with van der Waals surface area (Å²) in [6, 6.07) is 13.8. The van der Waals surface area contributed by atoms with E-state index in [0.29, 0.717) is 31.8 Å². The zero-order valence-electron chi connectivity index (χ0n) is 20.3. The van der Waals surface area contributed by atoms with E-state index >= 15 is 0 Å². The highest BCUT2D eigenvalue weighted by molar-refractivity contribution is 5.91. The molecule has 7 heteroatoms. The minimum Gasteiger partial charge on any atom is -0.480 e. The molecule has 36 heavy (non-hydrogen) atoms. The number of amides is 1. The SMILES string of the molecule is O=C(O)C(C1CCN(C(=O)C=Cc2ccc(F)cc2)CC1)N1CCC(c2c[nH]c3ccccc23)CC1. The molecule has 3 aromatic rings. The fourth-order valence-electron chi connectivity index (χ4n) is 5.86. The van der Waals surface area contributed by atoms with Crippen LogP contribution in [0.1, 0.15) is 42.7 Å². The monoisotopic (exact) mass is 489 g/mol. The molecule has 2 N–H and O–H groups in total. The maximum atomic E-state index is 13.1. The number of halogens is 1. The van der Waals surface area contributed by atoms with Gasteiger partial charge in [0.15, 0.2) is 0 Å². The number of carbonyl (C=O) groups excluding carboxylic acids is 1. The van der Waals surface area contributed by atoms with Gasteiger partial charge in [-0.1, -0.05) is 30.3 Å². The molecule has 2 fully saturated rings. The number of benzene rings is 2. The van der Waals surface area contributed by atoms with Gasteiger partial charge in [-0.2, -0.15) is 0 Å². The maximum absolute atomic E-state index is 13.1. The molecule has 6 nitrogen and oxygen atoms in total. The molecule has 1 amide bonds. The van der Waals surface area contributed by atoms with Gasteiger partial charge >= 0.3 is 5.97 Å². The summed E-state index contributed by atoms with van der Waals surface area (Å²) in [6.45, 7) is 2.63. The number of nitrogens with one attached hydrogen (secondary N) is 1. The van der Waals surface area contributed by atoms with Crippen LogP contribution in [-0.2, 0) is 9.59 Å². The molecule has 2 saturated heterocycles. The summed E-state index contributed by atoms with van der Waals surface area (Å²) in [5.74, 6) is -0.710. The minimum atomic E-state index is -0.762. The third-order valence-corrected chi connectivity index (χ3v) is 7.82. The number of rotatable bonds is 6. The Morgan fingerprint density at radius 2 is 1.67 bits per heavy atom. The zero-order valence-corrected chi connectivity index (χ0v) is 20.3. The Labute approximate surface area is 210 Å². The van der Waals surface area contributed by atoms with Crippen molar-refractivity contribution in [2.75, 3.05) is 26.2 Å². The third kappa shape index (κ3) is 5.21. The summed E-state index contributed by atoms with van der Waals surface area (Å²) in [7, 11) is 0. The van der Waals surface area contributed by atoms with E-state index in [1.807, 2.05) is 6.07 Å². The van der Waals surface area contributed by atoms with Gasteiger partial charge in [0.2, 0.25) is 5.91 Å². The Kier molecular flexibility index (Phi) is 7.18. The van der Waals surface area contributed by atoms with Gasteiger partial charge in [-0.3, -0.25) is 14.5 Å². The van der Waals surface area contributed by atoms with Crippen LogP contribution in [-0.4, -0.2) is 64.0 Å². The number of carboxylic acid groups (broad SMARTS) is 1. The van der Waals surface area contributed by atoms with E-state index in [4.69, 9.17) is 0 Å². The molecule has 5 rings (SSSR count). The maximum Gasteiger partial charge on any atom is 0.321 e. The lowest BCUT2D eigenvalue weighted by atomic mass is 9.84. The standard InChI is InChI=1S/C29H32FN3O3/c30-23-8-5-20(6-9-23)7-10-27(34)32-15-13-22(14-16-32)28(29(35)36)33-17-11-21(12-18-33)25-19-31-26-4-2-1-3-24(25)26/h1-10,19,21-22,28,31H,11-18H2,(H,35,36). The molecule has 188 valence electrons. The van der Waals surface area contributed by atoms with Crippen LogP contribution < -0.4 is 0 Å². The number of likely N-dealkylation sites (tertiary alicyclic amines) is 2. The van der Waals surface area contributed by atoms with E-state index in [9.17, 15) is 19.1 Å².